The van der Waals surface area contributed by atoms with Crippen LogP contribution in [0.3, 0.4) is 0 Å². The van der Waals surface area contributed by atoms with Crippen LogP contribution in [0.25, 0.3) is 0 Å². The van der Waals surface area contributed by atoms with E-state index in [0.717, 1.165) is 0 Å². The van der Waals surface area contributed by atoms with Crippen molar-refractivity contribution >= 4 is 5.91 Å². The first-order valence-electron chi connectivity index (χ1n) is 4.21. The van der Waals surface area contributed by atoms with Crippen LogP contribution in [0.1, 0.15) is 12.5 Å². The van der Waals surface area contributed by atoms with Crippen LogP contribution in [-0.4, -0.2) is 11.0 Å². The molecule has 1 aromatic rings. The third kappa shape index (κ3) is 2.83. The van der Waals surface area contributed by atoms with Gasteiger partial charge in [-0.2, -0.15) is 0 Å². The Kier molecular flexibility index (Phi) is 3.57. The minimum Gasteiger partial charge on any atom is -0.508 e. The van der Waals surface area contributed by atoms with Gasteiger partial charge in [0.05, 0.1) is 0 Å². The third-order valence-corrected chi connectivity index (χ3v) is 1.67. The average molecular weight is 189 g/mol. The van der Waals surface area contributed by atoms with Gasteiger partial charge in [0.2, 0.25) is 0 Å². The molecule has 0 aliphatic carbocycles. The molecule has 0 bridgehead atoms. The SMILES string of the molecule is CC#CC(=O)NCc1ccccc1O. The molecule has 0 aliphatic rings. The van der Waals surface area contributed by atoms with Crippen LogP contribution >= 0.6 is 0 Å². The number of hydrogen-bond acceptors (Lipinski definition) is 2. The number of nitrogens with one attached hydrogen (secondary N) is 1. The summed E-state index contributed by atoms with van der Waals surface area (Å²) in [5.41, 5.74) is 0.679. The fourth-order valence-corrected chi connectivity index (χ4v) is 0.994. The van der Waals surface area contributed by atoms with E-state index >= 15 is 0 Å². The second-order valence-corrected chi connectivity index (χ2v) is 2.69. The first kappa shape index (κ1) is 10.1. The molecule has 72 valence electrons. The molecule has 2 N–H and O–H groups in total. The van der Waals surface area contributed by atoms with E-state index in [-0.39, 0.29) is 11.7 Å². The quantitative estimate of drug-likeness (QED) is 0.683. The summed E-state index contributed by atoms with van der Waals surface area (Å²) >= 11 is 0. The highest BCUT2D eigenvalue weighted by molar-refractivity contribution is 5.93. The van der Waals surface area contributed by atoms with E-state index in [1.807, 2.05) is 0 Å². The average Bonchev–Trinajstić information content (AvgIpc) is 2.17. The number of para-hydroxylation sites is 1. The summed E-state index contributed by atoms with van der Waals surface area (Å²) < 4.78 is 0. The van der Waals surface area contributed by atoms with Gasteiger partial charge in [-0.1, -0.05) is 24.1 Å². The number of amides is 1. The third-order valence-electron chi connectivity index (χ3n) is 1.67. The zero-order valence-corrected chi connectivity index (χ0v) is 7.87. The number of rotatable bonds is 2. The topological polar surface area (TPSA) is 49.3 Å². The maximum atomic E-state index is 11.0. The second-order valence-electron chi connectivity index (χ2n) is 2.69. The zero-order chi connectivity index (χ0) is 10.4. The minimum atomic E-state index is -0.337. The Bertz CT molecular complexity index is 388. The molecule has 0 radical (unpaired) electrons. The summed E-state index contributed by atoms with van der Waals surface area (Å²) in [6, 6.07) is 6.85. The van der Waals surface area contributed by atoms with Crippen molar-refractivity contribution in [3.8, 4) is 17.6 Å². The van der Waals surface area contributed by atoms with E-state index in [0.29, 0.717) is 12.1 Å². The highest BCUT2D eigenvalue weighted by Crippen LogP contribution is 2.14. The monoisotopic (exact) mass is 189 g/mol. The van der Waals surface area contributed by atoms with Crippen molar-refractivity contribution in [2.45, 2.75) is 13.5 Å². The van der Waals surface area contributed by atoms with Gasteiger partial charge in [-0.25, -0.2) is 0 Å². The van der Waals surface area contributed by atoms with E-state index in [1.54, 1.807) is 31.2 Å². The number of hydrogen-bond donors (Lipinski definition) is 2. The van der Waals surface area contributed by atoms with Gasteiger partial charge >= 0.3 is 0 Å². The van der Waals surface area contributed by atoms with Crippen molar-refractivity contribution in [2.24, 2.45) is 0 Å². The maximum Gasteiger partial charge on any atom is 0.296 e. The van der Waals surface area contributed by atoms with Crippen LogP contribution in [0.2, 0.25) is 0 Å². The normalized spacial score (nSPS) is 8.64. The number of phenolic OH excluding ortho intramolecular Hbond substituents is 1. The summed E-state index contributed by atoms with van der Waals surface area (Å²) in [5, 5.41) is 11.9. The molecule has 1 rings (SSSR count). The number of carbonyl (C=O) groups excluding carboxylic acids is 1. The Morgan fingerprint density at radius 1 is 1.50 bits per heavy atom. The fraction of sp³-hybridized carbons (Fsp3) is 0.182. The molecule has 0 aliphatic heterocycles. The molecule has 0 fully saturated rings. The molecule has 0 unspecified atom stereocenters. The van der Waals surface area contributed by atoms with E-state index in [2.05, 4.69) is 17.2 Å². The Labute approximate surface area is 82.8 Å². The van der Waals surface area contributed by atoms with Crippen molar-refractivity contribution in [3.05, 3.63) is 29.8 Å². The second kappa shape index (κ2) is 4.93. The predicted octanol–water partition coefficient (Wildman–Crippen LogP) is 1.03. The summed E-state index contributed by atoms with van der Waals surface area (Å²) in [5.74, 6) is 4.69. The van der Waals surface area contributed by atoms with Crippen molar-refractivity contribution in [2.75, 3.05) is 0 Å². The number of phenols is 1. The van der Waals surface area contributed by atoms with Gasteiger partial charge in [0, 0.05) is 12.1 Å². The van der Waals surface area contributed by atoms with Crippen molar-refractivity contribution in [1.82, 2.24) is 5.32 Å². The molecule has 0 aromatic heterocycles. The van der Waals surface area contributed by atoms with E-state index in [1.165, 1.54) is 0 Å². The van der Waals surface area contributed by atoms with E-state index in [4.69, 9.17) is 0 Å². The Balaban J connectivity index is 2.57. The van der Waals surface area contributed by atoms with Crippen LogP contribution in [0.5, 0.6) is 5.75 Å². The smallest absolute Gasteiger partial charge is 0.296 e. The molecular weight excluding hydrogens is 178 g/mol. The van der Waals surface area contributed by atoms with Gasteiger partial charge in [0.25, 0.3) is 5.91 Å². The summed E-state index contributed by atoms with van der Waals surface area (Å²) in [7, 11) is 0. The lowest BCUT2D eigenvalue weighted by Gasteiger charge is -2.03. The van der Waals surface area contributed by atoms with Crippen LogP contribution < -0.4 is 5.32 Å². The van der Waals surface area contributed by atoms with Gasteiger partial charge < -0.3 is 10.4 Å². The van der Waals surface area contributed by atoms with Crippen LogP contribution in [0.15, 0.2) is 24.3 Å². The van der Waals surface area contributed by atoms with Crippen LogP contribution in [-0.2, 0) is 11.3 Å². The molecule has 3 heteroatoms. The maximum absolute atomic E-state index is 11.0. The molecule has 0 saturated carbocycles. The standard InChI is InChI=1S/C11H11NO2/c1-2-5-11(14)12-8-9-6-3-4-7-10(9)13/h3-4,6-7,13H,8H2,1H3,(H,12,14). The van der Waals surface area contributed by atoms with Crippen LogP contribution in [0, 0.1) is 11.8 Å². The molecule has 14 heavy (non-hydrogen) atoms. The molecule has 1 amide bonds. The highest BCUT2D eigenvalue weighted by Gasteiger charge is 2.00. The highest BCUT2D eigenvalue weighted by atomic mass is 16.3. The first-order valence-corrected chi connectivity index (χ1v) is 4.21. The lowest BCUT2D eigenvalue weighted by molar-refractivity contribution is -0.115. The number of aromatic hydroxyl groups is 1. The Morgan fingerprint density at radius 3 is 2.86 bits per heavy atom. The summed E-state index contributed by atoms with van der Waals surface area (Å²) in [6.07, 6.45) is 0. The molecule has 3 nitrogen and oxygen atoms in total. The lowest BCUT2D eigenvalue weighted by Crippen LogP contribution is -2.20. The van der Waals surface area contributed by atoms with Gasteiger partial charge in [-0.05, 0) is 18.9 Å². The van der Waals surface area contributed by atoms with Crippen molar-refractivity contribution in [3.63, 3.8) is 0 Å². The summed E-state index contributed by atoms with van der Waals surface area (Å²) in [6.45, 7) is 1.89. The van der Waals surface area contributed by atoms with Crippen molar-refractivity contribution < 1.29 is 9.90 Å². The Hall–Kier alpha value is -1.95. The zero-order valence-electron chi connectivity index (χ0n) is 7.87. The van der Waals surface area contributed by atoms with E-state index in [9.17, 15) is 9.90 Å². The lowest BCUT2D eigenvalue weighted by atomic mass is 10.2. The minimum absolute atomic E-state index is 0.178. The van der Waals surface area contributed by atoms with E-state index < -0.39 is 0 Å². The molecule has 0 spiro atoms. The molecular formula is C11H11NO2. The van der Waals surface area contributed by atoms with Gasteiger partial charge in [0.1, 0.15) is 5.75 Å². The molecule has 1 aromatic carbocycles. The first-order chi connectivity index (χ1) is 6.74. The fourth-order valence-electron chi connectivity index (χ4n) is 0.994. The Morgan fingerprint density at radius 2 is 2.21 bits per heavy atom. The number of benzene rings is 1. The van der Waals surface area contributed by atoms with Gasteiger partial charge in [0.15, 0.2) is 0 Å². The van der Waals surface area contributed by atoms with Crippen LogP contribution in [0.4, 0.5) is 0 Å². The number of carbonyl (C=O) groups is 1. The van der Waals surface area contributed by atoms with Crippen molar-refractivity contribution in [1.29, 1.82) is 0 Å². The molecule has 0 saturated heterocycles. The summed E-state index contributed by atoms with van der Waals surface area (Å²) in [4.78, 5) is 11.0. The van der Waals surface area contributed by atoms with Gasteiger partial charge in [-0.3, -0.25) is 4.79 Å². The van der Waals surface area contributed by atoms with Gasteiger partial charge in [-0.15, -0.1) is 0 Å². The molecule has 0 heterocycles. The largest absolute Gasteiger partial charge is 0.508 e. The molecule has 0 atom stereocenters. The predicted molar refractivity (Wildman–Crippen MR) is 53.4 cm³/mol.